The molecule has 2 aromatic rings. The van der Waals surface area contributed by atoms with Crippen LogP contribution in [0, 0.1) is 19.7 Å². The van der Waals surface area contributed by atoms with Crippen LogP contribution < -0.4 is 5.73 Å². The fraction of sp³-hybridized carbons (Fsp3) is 0.400. The highest BCUT2D eigenvalue weighted by atomic mass is 79.9. The number of hydrogen-bond donors (Lipinski definition) is 1. The van der Waals surface area contributed by atoms with Crippen molar-refractivity contribution in [3.05, 3.63) is 45.4 Å². The zero-order valence-corrected chi connectivity index (χ0v) is 13.5. The van der Waals surface area contributed by atoms with Gasteiger partial charge in [-0.25, -0.2) is 9.07 Å². The Kier molecular flexibility index (Phi) is 4.60. The van der Waals surface area contributed by atoms with E-state index in [9.17, 15) is 4.39 Å². The highest BCUT2D eigenvalue weighted by Gasteiger charge is 2.14. The quantitative estimate of drug-likeness (QED) is 0.923. The van der Waals surface area contributed by atoms with Crippen molar-refractivity contribution in [2.45, 2.75) is 39.7 Å². The molecule has 5 heteroatoms. The van der Waals surface area contributed by atoms with Crippen molar-refractivity contribution in [3.8, 4) is 5.69 Å². The minimum Gasteiger partial charge on any atom is -0.327 e. The highest BCUT2D eigenvalue weighted by Crippen LogP contribution is 2.24. The zero-order chi connectivity index (χ0) is 14.9. The summed E-state index contributed by atoms with van der Waals surface area (Å²) in [5, 5.41) is 4.35. The van der Waals surface area contributed by atoms with Crippen LogP contribution in [0.3, 0.4) is 0 Å². The van der Waals surface area contributed by atoms with Gasteiger partial charge in [0.1, 0.15) is 11.5 Å². The van der Waals surface area contributed by atoms with Crippen molar-refractivity contribution in [2.75, 3.05) is 0 Å². The molecule has 1 unspecified atom stereocenters. The van der Waals surface area contributed by atoms with Crippen LogP contribution >= 0.6 is 15.9 Å². The lowest BCUT2D eigenvalue weighted by molar-refractivity contribution is 0.599. The van der Waals surface area contributed by atoms with Crippen molar-refractivity contribution in [1.82, 2.24) is 9.78 Å². The van der Waals surface area contributed by atoms with Crippen LogP contribution in [-0.4, -0.2) is 15.8 Å². The molecule has 20 heavy (non-hydrogen) atoms. The van der Waals surface area contributed by atoms with E-state index in [0.29, 0.717) is 12.1 Å². The molecule has 3 nitrogen and oxygen atoms in total. The number of benzene rings is 1. The fourth-order valence-electron chi connectivity index (χ4n) is 2.15. The van der Waals surface area contributed by atoms with Gasteiger partial charge < -0.3 is 5.73 Å². The molecule has 0 aliphatic heterocycles. The Hall–Kier alpha value is -1.20. The second-order valence-corrected chi connectivity index (χ2v) is 5.85. The average molecular weight is 340 g/mol. The summed E-state index contributed by atoms with van der Waals surface area (Å²) in [6, 6.07) is 5.30. The fourth-order valence-corrected chi connectivity index (χ4v) is 2.40. The molecule has 0 fully saturated rings. The molecule has 1 heterocycles. The largest absolute Gasteiger partial charge is 0.327 e. The lowest BCUT2D eigenvalue weighted by Gasteiger charge is -2.11. The van der Waals surface area contributed by atoms with E-state index in [1.807, 2.05) is 26.8 Å². The third kappa shape index (κ3) is 2.94. The van der Waals surface area contributed by atoms with Gasteiger partial charge in [-0.05, 0) is 60.3 Å². The number of aromatic nitrogens is 2. The SMILES string of the molecule is CCC(N)Cc1ccc(-n2nc(C)c(Br)c2C)c(F)c1. The van der Waals surface area contributed by atoms with Crippen LogP contribution in [-0.2, 0) is 6.42 Å². The van der Waals surface area contributed by atoms with Gasteiger partial charge >= 0.3 is 0 Å². The molecule has 0 aliphatic rings. The molecule has 2 N–H and O–H groups in total. The standard InChI is InChI=1S/C15H19BrFN3/c1-4-12(18)7-11-5-6-14(13(17)8-11)20-10(3)15(16)9(2)19-20/h5-6,8,12H,4,7,18H2,1-3H3. The molecule has 0 radical (unpaired) electrons. The van der Waals surface area contributed by atoms with Gasteiger partial charge in [0.15, 0.2) is 0 Å². The molecule has 0 saturated carbocycles. The summed E-state index contributed by atoms with van der Waals surface area (Å²) in [5.74, 6) is -0.274. The Morgan fingerprint density at radius 3 is 2.60 bits per heavy atom. The summed E-state index contributed by atoms with van der Waals surface area (Å²) in [6.45, 7) is 5.83. The summed E-state index contributed by atoms with van der Waals surface area (Å²) in [4.78, 5) is 0. The third-order valence-corrected chi connectivity index (χ3v) is 4.61. The maximum Gasteiger partial charge on any atom is 0.149 e. The monoisotopic (exact) mass is 339 g/mol. The Morgan fingerprint density at radius 1 is 1.40 bits per heavy atom. The normalized spacial score (nSPS) is 12.7. The molecule has 0 saturated heterocycles. The Balaban J connectivity index is 2.36. The van der Waals surface area contributed by atoms with Crippen molar-refractivity contribution in [3.63, 3.8) is 0 Å². The maximum atomic E-state index is 14.3. The van der Waals surface area contributed by atoms with Gasteiger partial charge in [0, 0.05) is 6.04 Å². The lowest BCUT2D eigenvalue weighted by atomic mass is 10.0. The molecular weight excluding hydrogens is 321 g/mol. The van der Waals surface area contributed by atoms with Crippen molar-refractivity contribution < 1.29 is 4.39 Å². The molecule has 108 valence electrons. The first kappa shape index (κ1) is 15.2. The van der Waals surface area contributed by atoms with E-state index in [1.54, 1.807) is 16.8 Å². The number of rotatable bonds is 4. The van der Waals surface area contributed by atoms with Crippen LogP contribution in [0.2, 0.25) is 0 Å². The first-order valence-corrected chi connectivity index (χ1v) is 7.49. The first-order valence-electron chi connectivity index (χ1n) is 6.70. The first-order chi connectivity index (χ1) is 9.43. The van der Waals surface area contributed by atoms with Gasteiger partial charge in [0.25, 0.3) is 0 Å². The van der Waals surface area contributed by atoms with Crippen molar-refractivity contribution >= 4 is 15.9 Å². The second-order valence-electron chi connectivity index (χ2n) is 5.05. The van der Waals surface area contributed by atoms with E-state index in [2.05, 4.69) is 21.0 Å². The van der Waals surface area contributed by atoms with Crippen LogP contribution in [0.1, 0.15) is 30.3 Å². The number of halogens is 2. The summed E-state index contributed by atoms with van der Waals surface area (Å²) >= 11 is 3.46. The lowest BCUT2D eigenvalue weighted by Crippen LogP contribution is -2.21. The van der Waals surface area contributed by atoms with Gasteiger partial charge in [0.05, 0.1) is 15.9 Å². The molecule has 2 rings (SSSR count). The van der Waals surface area contributed by atoms with E-state index < -0.39 is 0 Å². The van der Waals surface area contributed by atoms with Gasteiger partial charge in [0.2, 0.25) is 0 Å². The van der Waals surface area contributed by atoms with Crippen molar-refractivity contribution in [2.24, 2.45) is 5.73 Å². The summed E-state index contributed by atoms with van der Waals surface area (Å²) in [7, 11) is 0. The molecule has 1 aromatic heterocycles. The summed E-state index contributed by atoms with van der Waals surface area (Å²) < 4.78 is 16.8. The van der Waals surface area contributed by atoms with Crippen LogP contribution in [0.15, 0.2) is 22.7 Å². The molecule has 0 amide bonds. The van der Waals surface area contributed by atoms with E-state index >= 15 is 0 Å². The topological polar surface area (TPSA) is 43.8 Å². The summed E-state index contributed by atoms with van der Waals surface area (Å²) in [6.07, 6.45) is 1.57. The Labute approximate surface area is 127 Å². The zero-order valence-electron chi connectivity index (χ0n) is 12.0. The van der Waals surface area contributed by atoms with Gasteiger partial charge in [-0.1, -0.05) is 13.0 Å². The molecular formula is C15H19BrFN3. The van der Waals surface area contributed by atoms with E-state index in [0.717, 1.165) is 27.8 Å². The maximum absolute atomic E-state index is 14.3. The van der Waals surface area contributed by atoms with Crippen LogP contribution in [0.25, 0.3) is 5.69 Å². The van der Waals surface area contributed by atoms with E-state index in [-0.39, 0.29) is 11.9 Å². The van der Waals surface area contributed by atoms with Gasteiger partial charge in [-0.3, -0.25) is 0 Å². The molecule has 0 bridgehead atoms. The highest BCUT2D eigenvalue weighted by molar-refractivity contribution is 9.10. The van der Waals surface area contributed by atoms with Gasteiger partial charge in [-0.15, -0.1) is 0 Å². The number of hydrogen-bond acceptors (Lipinski definition) is 2. The van der Waals surface area contributed by atoms with Crippen LogP contribution in [0.4, 0.5) is 4.39 Å². The minimum atomic E-state index is -0.274. The summed E-state index contributed by atoms with van der Waals surface area (Å²) in [5.41, 5.74) is 9.02. The molecule has 1 aromatic carbocycles. The Bertz CT molecular complexity index is 622. The molecule has 0 spiro atoms. The Morgan fingerprint density at radius 2 is 2.10 bits per heavy atom. The molecule has 0 aliphatic carbocycles. The van der Waals surface area contributed by atoms with Crippen molar-refractivity contribution in [1.29, 1.82) is 0 Å². The molecule has 1 atom stereocenters. The van der Waals surface area contributed by atoms with Gasteiger partial charge in [-0.2, -0.15) is 5.10 Å². The second kappa shape index (κ2) is 6.06. The van der Waals surface area contributed by atoms with E-state index in [1.165, 1.54) is 0 Å². The average Bonchev–Trinajstić information content (AvgIpc) is 2.66. The number of nitrogens with zero attached hydrogens (tertiary/aromatic N) is 2. The predicted molar refractivity (Wildman–Crippen MR) is 82.7 cm³/mol. The third-order valence-electron chi connectivity index (χ3n) is 3.47. The number of nitrogens with two attached hydrogens (primary N) is 1. The van der Waals surface area contributed by atoms with Crippen LogP contribution in [0.5, 0.6) is 0 Å². The number of aryl methyl sites for hydroxylation is 1. The smallest absolute Gasteiger partial charge is 0.149 e. The van der Waals surface area contributed by atoms with E-state index in [4.69, 9.17) is 5.73 Å². The minimum absolute atomic E-state index is 0.0723. The predicted octanol–water partition coefficient (Wildman–Crippen LogP) is 3.67.